The minimum atomic E-state index is -0.978. The first-order valence-electron chi connectivity index (χ1n) is 8.38. The summed E-state index contributed by atoms with van der Waals surface area (Å²) >= 11 is 0. The van der Waals surface area contributed by atoms with Crippen LogP contribution >= 0.6 is 0 Å². The summed E-state index contributed by atoms with van der Waals surface area (Å²) in [5, 5.41) is 21.7. The zero-order valence-electron chi connectivity index (χ0n) is 13.8. The van der Waals surface area contributed by atoms with Gasteiger partial charge in [-0.05, 0) is 43.4 Å². The van der Waals surface area contributed by atoms with Gasteiger partial charge in [0.1, 0.15) is 5.82 Å². The number of anilines is 1. The number of rotatable bonds is 5. The first kappa shape index (κ1) is 17.1. The van der Waals surface area contributed by atoms with Crippen LogP contribution in [0.2, 0.25) is 0 Å². The zero-order chi connectivity index (χ0) is 17.6. The topological polar surface area (TPSA) is 95.3 Å². The Hall–Kier alpha value is -2.73. The van der Waals surface area contributed by atoms with Crippen LogP contribution in [-0.4, -0.2) is 38.3 Å². The van der Waals surface area contributed by atoms with Gasteiger partial charge >= 0.3 is 5.97 Å². The van der Waals surface area contributed by atoms with Crippen molar-refractivity contribution in [2.45, 2.75) is 37.8 Å². The third kappa shape index (κ3) is 4.87. The van der Waals surface area contributed by atoms with Gasteiger partial charge in [-0.3, -0.25) is 4.98 Å². The SMILES string of the molecule is O=C(O)/C=C/c1cccc(-c2cncc(NC3CCC(O)CC3)n2)c1. The van der Waals surface area contributed by atoms with Crippen molar-refractivity contribution in [3.05, 3.63) is 48.3 Å². The van der Waals surface area contributed by atoms with Crippen LogP contribution in [-0.2, 0) is 4.79 Å². The number of carboxylic acid groups (broad SMARTS) is 1. The number of aliphatic carboxylic acids is 1. The lowest BCUT2D eigenvalue weighted by Gasteiger charge is -2.26. The molecule has 1 aliphatic carbocycles. The Morgan fingerprint density at radius 2 is 2.00 bits per heavy atom. The van der Waals surface area contributed by atoms with Crippen molar-refractivity contribution in [2.75, 3.05) is 5.32 Å². The fourth-order valence-electron chi connectivity index (χ4n) is 2.97. The van der Waals surface area contributed by atoms with E-state index in [1.54, 1.807) is 18.5 Å². The summed E-state index contributed by atoms with van der Waals surface area (Å²) in [6, 6.07) is 7.80. The maximum Gasteiger partial charge on any atom is 0.328 e. The van der Waals surface area contributed by atoms with Crippen molar-refractivity contribution in [1.82, 2.24) is 9.97 Å². The molecule has 0 amide bonds. The Kier molecular flexibility index (Phi) is 5.40. The lowest BCUT2D eigenvalue weighted by Crippen LogP contribution is -2.28. The molecule has 0 atom stereocenters. The largest absolute Gasteiger partial charge is 0.478 e. The average molecular weight is 339 g/mol. The molecular weight excluding hydrogens is 318 g/mol. The molecule has 0 saturated heterocycles. The zero-order valence-corrected chi connectivity index (χ0v) is 13.8. The van der Waals surface area contributed by atoms with E-state index in [0.29, 0.717) is 11.9 Å². The quantitative estimate of drug-likeness (QED) is 0.725. The molecule has 1 saturated carbocycles. The summed E-state index contributed by atoms with van der Waals surface area (Å²) in [6.07, 6.45) is 9.32. The summed E-state index contributed by atoms with van der Waals surface area (Å²) in [7, 11) is 0. The van der Waals surface area contributed by atoms with Crippen molar-refractivity contribution in [3.8, 4) is 11.3 Å². The summed E-state index contributed by atoms with van der Waals surface area (Å²) in [4.78, 5) is 19.5. The molecule has 25 heavy (non-hydrogen) atoms. The second kappa shape index (κ2) is 7.90. The van der Waals surface area contributed by atoms with E-state index < -0.39 is 5.97 Å². The highest BCUT2D eigenvalue weighted by molar-refractivity contribution is 5.85. The number of aromatic nitrogens is 2. The molecule has 1 fully saturated rings. The van der Waals surface area contributed by atoms with Crippen LogP contribution in [0.15, 0.2) is 42.7 Å². The lowest BCUT2D eigenvalue weighted by atomic mass is 9.93. The third-order valence-electron chi connectivity index (χ3n) is 4.28. The van der Waals surface area contributed by atoms with Crippen LogP contribution in [0.25, 0.3) is 17.3 Å². The van der Waals surface area contributed by atoms with Crippen molar-refractivity contribution in [2.24, 2.45) is 0 Å². The number of carbonyl (C=O) groups is 1. The minimum Gasteiger partial charge on any atom is -0.478 e. The molecule has 1 aromatic carbocycles. The van der Waals surface area contributed by atoms with Crippen molar-refractivity contribution in [1.29, 1.82) is 0 Å². The van der Waals surface area contributed by atoms with Gasteiger partial charge < -0.3 is 15.5 Å². The maximum absolute atomic E-state index is 10.6. The second-order valence-electron chi connectivity index (χ2n) is 6.24. The molecule has 6 heteroatoms. The molecule has 0 spiro atoms. The van der Waals surface area contributed by atoms with E-state index >= 15 is 0 Å². The predicted molar refractivity (Wildman–Crippen MR) is 96.0 cm³/mol. The van der Waals surface area contributed by atoms with Crippen LogP contribution in [0.1, 0.15) is 31.2 Å². The third-order valence-corrected chi connectivity index (χ3v) is 4.28. The standard InChI is InChI=1S/C19H21N3O3/c23-16-7-5-15(6-8-16)21-18-12-20-11-17(22-18)14-3-1-2-13(10-14)4-9-19(24)25/h1-4,9-12,15-16,23H,5-8H2,(H,21,22)(H,24,25)/b9-4+. The Balaban J connectivity index is 1.75. The molecule has 0 bridgehead atoms. The number of benzene rings is 1. The van der Waals surface area contributed by atoms with Gasteiger partial charge in [-0.1, -0.05) is 18.2 Å². The molecule has 2 aromatic rings. The molecule has 0 radical (unpaired) electrons. The molecule has 1 aliphatic rings. The van der Waals surface area contributed by atoms with Gasteiger partial charge in [-0.25, -0.2) is 9.78 Å². The fraction of sp³-hybridized carbons (Fsp3) is 0.316. The summed E-state index contributed by atoms with van der Waals surface area (Å²) in [5.74, 6) is -0.264. The lowest BCUT2D eigenvalue weighted by molar-refractivity contribution is -0.131. The van der Waals surface area contributed by atoms with Gasteiger partial charge in [0.05, 0.1) is 24.2 Å². The summed E-state index contributed by atoms with van der Waals surface area (Å²) < 4.78 is 0. The van der Waals surface area contributed by atoms with Gasteiger partial charge in [0.2, 0.25) is 0 Å². The van der Waals surface area contributed by atoms with Crippen LogP contribution < -0.4 is 5.32 Å². The highest BCUT2D eigenvalue weighted by Gasteiger charge is 2.19. The highest BCUT2D eigenvalue weighted by Crippen LogP contribution is 2.23. The van der Waals surface area contributed by atoms with E-state index in [0.717, 1.165) is 48.6 Å². The molecule has 130 valence electrons. The number of aliphatic hydroxyl groups excluding tert-OH is 1. The van der Waals surface area contributed by atoms with Gasteiger partial charge in [0.25, 0.3) is 0 Å². The second-order valence-corrected chi connectivity index (χ2v) is 6.24. The van der Waals surface area contributed by atoms with E-state index in [1.807, 2.05) is 24.3 Å². The van der Waals surface area contributed by atoms with Gasteiger partial charge in [0, 0.05) is 17.7 Å². The number of nitrogens with one attached hydrogen (secondary N) is 1. The molecule has 1 heterocycles. The first-order valence-corrected chi connectivity index (χ1v) is 8.38. The first-order chi connectivity index (χ1) is 12.1. The predicted octanol–water partition coefficient (Wildman–Crippen LogP) is 2.96. The Morgan fingerprint density at radius 3 is 2.76 bits per heavy atom. The number of carboxylic acids is 1. The van der Waals surface area contributed by atoms with Crippen molar-refractivity contribution in [3.63, 3.8) is 0 Å². The average Bonchev–Trinajstić information content (AvgIpc) is 2.62. The van der Waals surface area contributed by atoms with Crippen LogP contribution in [0.3, 0.4) is 0 Å². The monoisotopic (exact) mass is 339 g/mol. The molecule has 0 aliphatic heterocycles. The van der Waals surface area contributed by atoms with Crippen LogP contribution in [0, 0.1) is 0 Å². The molecule has 1 aromatic heterocycles. The maximum atomic E-state index is 10.6. The Bertz CT molecular complexity index is 768. The van der Waals surface area contributed by atoms with E-state index in [4.69, 9.17) is 5.11 Å². The smallest absolute Gasteiger partial charge is 0.328 e. The van der Waals surface area contributed by atoms with Crippen LogP contribution in [0.4, 0.5) is 5.82 Å². The van der Waals surface area contributed by atoms with Gasteiger partial charge in [-0.15, -0.1) is 0 Å². The number of nitrogens with zero attached hydrogens (tertiary/aromatic N) is 2. The van der Waals surface area contributed by atoms with E-state index in [2.05, 4.69) is 15.3 Å². The van der Waals surface area contributed by atoms with Crippen molar-refractivity contribution >= 4 is 17.9 Å². The molecule has 6 nitrogen and oxygen atoms in total. The minimum absolute atomic E-state index is 0.183. The molecular formula is C19H21N3O3. The number of aliphatic hydroxyl groups is 1. The molecule has 3 N–H and O–H groups in total. The van der Waals surface area contributed by atoms with Crippen LogP contribution in [0.5, 0.6) is 0 Å². The van der Waals surface area contributed by atoms with Crippen molar-refractivity contribution < 1.29 is 15.0 Å². The number of hydrogen-bond donors (Lipinski definition) is 3. The molecule has 0 unspecified atom stereocenters. The summed E-state index contributed by atoms with van der Waals surface area (Å²) in [6.45, 7) is 0. The Labute approximate surface area is 146 Å². The normalized spacial score (nSPS) is 20.5. The fourth-order valence-corrected chi connectivity index (χ4v) is 2.97. The highest BCUT2D eigenvalue weighted by atomic mass is 16.4. The Morgan fingerprint density at radius 1 is 1.20 bits per heavy atom. The number of hydrogen-bond acceptors (Lipinski definition) is 5. The summed E-state index contributed by atoms with van der Waals surface area (Å²) in [5.41, 5.74) is 2.40. The van der Waals surface area contributed by atoms with E-state index in [1.165, 1.54) is 0 Å². The van der Waals surface area contributed by atoms with Gasteiger partial charge in [-0.2, -0.15) is 0 Å². The van der Waals surface area contributed by atoms with Gasteiger partial charge in [0.15, 0.2) is 0 Å². The van der Waals surface area contributed by atoms with E-state index in [9.17, 15) is 9.90 Å². The molecule has 3 rings (SSSR count). The van der Waals surface area contributed by atoms with E-state index in [-0.39, 0.29) is 6.10 Å².